The van der Waals surface area contributed by atoms with Crippen LogP contribution in [0.1, 0.15) is 5.56 Å². The fourth-order valence-electron chi connectivity index (χ4n) is 0.966. The highest BCUT2D eigenvalue weighted by molar-refractivity contribution is 5.73. The Hall–Kier alpha value is -1.43. The summed E-state index contributed by atoms with van der Waals surface area (Å²) in [7, 11) is 0. The van der Waals surface area contributed by atoms with Crippen LogP contribution in [-0.2, 0) is 16.2 Å². The molecule has 0 aliphatic carbocycles. The Morgan fingerprint density at radius 1 is 1.40 bits per heavy atom. The highest BCUT2D eigenvalue weighted by Gasteiger charge is 2.15. The molecule has 0 fully saturated rings. The Morgan fingerprint density at radius 2 is 2.07 bits per heavy atom. The van der Waals surface area contributed by atoms with Crippen LogP contribution in [0, 0.1) is 0 Å². The number of hydrogen-bond acceptors (Lipinski definition) is 4. The lowest BCUT2D eigenvalue weighted by Crippen LogP contribution is -2.39. The van der Waals surface area contributed by atoms with Crippen LogP contribution in [0.5, 0.6) is 0 Å². The first-order valence-corrected chi connectivity index (χ1v) is 4.49. The normalized spacial score (nSPS) is 12.3. The molecule has 1 aromatic rings. The van der Waals surface area contributed by atoms with Gasteiger partial charge in [-0.25, -0.2) is 0 Å². The van der Waals surface area contributed by atoms with Crippen molar-refractivity contribution < 1.29 is 19.8 Å². The van der Waals surface area contributed by atoms with Crippen LogP contribution >= 0.6 is 0 Å². The first kappa shape index (κ1) is 11.6. The molecule has 1 aromatic carbocycles. The summed E-state index contributed by atoms with van der Waals surface area (Å²) in [6.45, 7) is -0.255. The summed E-state index contributed by atoms with van der Waals surface area (Å²) in [5, 5.41) is 17.2. The smallest absolute Gasteiger partial charge is 0.325 e. The third-order valence-corrected chi connectivity index (χ3v) is 1.79. The van der Waals surface area contributed by atoms with Gasteiger partial charge in [-0.15, -0.1) is 0 Å². The number of hydroxylamine groups is 1. The average molecular weight is 211 g/mol. The molecule has 0 saturated carbocycles. The first-order valence-electron chi connectivity index (χ1n) is 4.49. The number of hydrogen-bond donors (Lipinski definition) is 3. The lowest BCUT2D eigenvalue weighted by atomic mass is 10.2. The monoisotopic (exact) mass is 211 g/mol. The van der Waals surface area contributed by atoms with Gasteiger partial charge in [0.1, 0.15) is 0 Å². The highest BCUT2D eigenvalue weighted by atomic mass is 16.6. The van der Waals surface area contributed by atoms with Crippen molar-refractivity contribution in [2.24, 2.45) is 0 Å². The van der Waals surface area contributed by atoms with E-state index in [1.807, 2.05) is 30.3 Å². The fourth-order valence-corrected chi connectivity index (χ4v) is 0.966. The maximum atomic E-state index is 10.5. The minimum absolute atomic E-state index is 0.255. The molecule has 0 bridgehead atoms. The quantitative estimate of drug-likeness (QED) is 0.584. The Labute approximate surface area is 87.3 Å². The third-order valence-electron chi connectivity index (χ3n) is 1.79. The number of benzene rings is 1. The number of carboxylic acid groups (broad SMARTS) is 1. The Bertz CT molecular complexity index is 302. The van der Waals surface area contributed by atoms with Gasteiger partial charge in [0.15, 0.2) is 6.04 Å². The molecule has 0 aromatic heterocycles. The van der Waals surface area contributed by atoms with E-state index in [0.717, 1.165) is 5.56 Å². The Morgan fingerprint density at radius 3 is 2.60 bits per heavy atom. The number of carboxylic acids is 1. The van der Waals surface area contributed by atoms with Crippen LogP contribution in [-0.4, -0.2) is 28.8 Å². The molecule has 0 radical (unpaired) electrons. The average Bonchev–Trinajstić information content (AvgIpc) is 2.25. The summed E-state index contributed by atoms with van der Waals surface area (Å²) < 4.78 is 0. The molecular formula is C10H13NO4. The standard InChI is InChI=1S/C10H13NO4/c12-6-9(10(13)14)11-15-7-8-4-2-1-3-5-8/h1-5,9,11-12H,6-7H2,(H,13,14)/t9-/m0/s1. The fraction of sp³-hybridized carbons (Fsp3) is 0.300. The molecule has 5 heteroatoms. The van der Waals surface area contributed by atoms with Gasteiger partial charge in [-0.05, 0) is 5.56 Å². The topological polar surface area (TPSA) is 78.8 Å². The second kappa shape index (κ2) is 6.13. The minimum Gasteiger partial charge on any atom is -0.480 e. The van der Waals surface area contributed by atoms with Crippen LogP contribution in [0.2, 0.25) is 0 Å². The largest absolute Gasteiger partial charge is 0.480 e. The van der Waals surface area contributed by atoms with Gasteiger partial charge < -0.3 is 10.2 Å². The Balaban J connectivity index is 2.30. The number of aliphatic hydroxyl groups is 1. The molecule has 82 valence electrons. The number of aliphatic hydroxyl groups excluding tert-OH is 1. The maximum Gasteiger partial charge on any atom is 0.325 e. The number of carbonyl (C=O) groups is 1. The molecular weight excluding hydrogens is 198 g/mol. The van der Waals surface area contributed by atoms with Crippen LogP contribution in [0.3, 0.4) is 0 Å². The zero-order valence-electron chi connectivity index (χ0n) is 8.09. The van der Waals surface area contributed by atoms with E-state index in [2.05, 4.69) is 5.48 Å². The first-order chi connectivity index (χ1) is 7.24. The van der Waals surface area contributed by atoms with Crippen molar-refractivity contribution in [1.29, 1.82) is 0 Å². The third kappa shape index (κ3) is 4.07. The molecule has 1 atom stereocenters. The SMILES string of the molecule is O=C(O)[C@H](CO)NOCc1ccccc1. The van der Waals surface area contributed by atoms with Crippen molar-refractivity contribution in [2.45, 2.75) is 12.6 Å². The number of rotatable bonds is 6. The second-order valence-electron chi connectivity index (χ2n) is 2.97. The van der Waals surface area contributed by atoms with Gasteiger partial charge in [-0.2, -0.15) is 5.48 Å². The number of aliphatic carboxylic acids is 1. The predicted molar refractivity (Wildman–Crippen MR) is 52.9 cm³/mol. The van der Waals surface area contributed by atoms with Gasteiger partial charge in [0, 0.05) is 0 Å². The van der Waals surface area contributed by atoms with Crippen LogP contribution in [0.4, 0.5) is 0 Å². The van der Waals surface area contributed by atoms with Crippen molar-refractivity contribution >= 4 is 5.97 Å². The van der Waals surface area contributed by atoms with E-state index in [1.165, 1.54) is 0 Å². The second-order valence-corrected chi connectivity index (χ2v) is 2.97. The molecule has 0 aliphatic heterocycles. The van der Waals surface area contributed by atoms with Gasteiger partial charge in [-0.3, -0.25) is 9.63 Å². The molecule has 0 unspecified atom stereocenters. The molecule has 0 amide bonds. The van der Waals surface area contributed by atoms with E-state index >= 15 is 0 Å². The lowest BCUT2D eigenvalue weighted by molar-refractivity contribution is -0.146. The molecule has 15 heavy (non-hydrogen) atoms. The minimum atomic E-state index is -1.15. The summed E-state index contributed by atoms with van der Waals surface area (Å²) in [6.07, 6.45) is 0. The van der Waals surface area contributed by atoms with Crippen LogP contribution < -0.4 is 5.48 Å². The molecule has 0 aliphatic rings. The van der Waals surface area contributed by atoms with E-state index in [-0.39, 0.29) is 6.61 Å². The summed E-state index contributed by atoms with van der Waals surface area (Å²) in [5.74, 6) is -1.15. The molecule has 1 rings (SSSR count). The van der Waals surface area contributed by atoms with Gasteiger partial charge in [0.2, 0.25) is 0 Å². The summed E-state index contributed by atoms with van der Waals surface area (Å²) in [6, 6.07) is 8.23. The summed E-state index contributed by atoms with van der Waals surface area (Å²) >= 11 is 0. The van der Waals surface area contributed by atoms with E-state index in [9.17, 15) is 4.79 Å². The molecule has 0 heterocycles. The van der Waals surface area contributed by atoms with Crippen molar-refractivity contribution in [3.05, 3.63) is 35.9 Å². The van der Waals surface area contributed by atoms with E-state index in [0.29, 0.717) is 0 Å². The van der Waals surface area contributed by atoms with Crippen LogP contribution in [0.15, 0.2) is 30.3 Å². The van der Waals surface area contributed by atoms with Crippen LogP contribution in [0.25, 0.3) is 0 Å². The van der Waals surface area contributed by atoms with Crippen molar-refractivity contribution in [3.63, 3.8) is 0 Å². The molecule has 0 spiro atoms. The summed E-state index contributed by atoms with van der Waals surface area (Å²) in [4.78, 5) is 15.4. The van der Waals surface area contributed by atoms with Gasteiger partial charge in [-0.1, -0.05) is 30.3 Å². The maximum absolute atomic E-state index is 10.5. The molecule has 5 nitrogen and oxygen atoms in total. The molecule has 0 saturated heterocycles. The molecule has 3 N–H and O–H groups in total. The van der Waals surface area contributed by atoms with Crippen molar-refractivity contribution in [1.82, 2.24) is 5.48 Å². The van der Waals surface area contributed by atoms with Gasteiger partial charge in [0.05, 0.1) is 13.2 Å². The predicted octanol–water partition coefficient (Wildman–Crippen LogP) is 0.153. The lowest BCUT2D eigenvalue weighted by Gasteiger charge is -2.11. The van der Waals surface area contributed by atoms with Gasteiger partial charge >= 0.3 is 5.97 Å². The van der Waals surface area contributed by atoms with E-state index in [1.54, 1.807) is 0 Å². The van der Waals surface area contributed by atoms with Crippen molar-refractivity contribution in [2.75, 3.05) is 6.61 Å². The highest BCUT2D eigenvalue weighted by Crippen LogP contribution is 1.99. The Kier molecular flexibility index (Phi) is 4.76. The van der Waals surface area contributed by atoms with E-state index in [4.69, 9.17) is 15.1 Å². The van der Waals surface area contributed by atoms with Crippen molar-refractivity contribution in [3.8, 4) is 0 Å². The van der Waals surface area contributed by atoms with Gasteiger partial charge in [0.25, 0.3) is 0 Å². The zero-order chi connectivity index (χ0) is 11.1. The zero-order valence-corrected chi connectivity index (χ0v) is 8.09. The summed E-state index contributed by atoms with van der Waals surface area (Å²) in [5.41, 5.74) is 3.19. The van der Waals surface area contributed by atoms with E-state index < -0.39 is 18.6 Å². The number of nitrogens with one attached hydrogen (secondary N) is 1.